The van der Waals surface area contributed by atoms with Crippen molar-refractivity contribution in [3.63, 3.8) is 0 Å². The zero-order valence-electron chi connectivity index (χ0n) is 18.8. The summed E-state index contributed by atoms with van der Waals surface area (Å²) in [4.78, 5) is 53.2. The highest BCUT2D eigenvalue weighted by Gasteiger charge is 2.37. The molecule has 0 bridgehead atoms. The van der Waals surface area contributed by atoms with E-state index >= 15 is 0 Å². The Kier molecular flexibility index (Phi) is 5.33. The molecule has 2 aliphatic heterocycles. The molecule has 0 aromatic heterocycles. The molecule has 37 heavy (non-hydrogen) atoms. The van der Waals surface area contributed by atoms with Crippen LogP contribution in [0.4, 0.5) is 11.4 Å². The average molecular weight is 529 g/mol. The minimum absolute atomic E-state index is 0.263. The fraction of sp³-hybridized carbons (Fsp3) is 0. The van der Waals surface area contributed by atoms with Crippen molar-refractivity contribution in [3.8, 4) is 11.5 Å². The number of rotatable bonds is 4. The zero-order valence-corrected chi connectivity index (χ0v) is 20.3. The van der Waals surface area contributed by atoms with Gasteiger partial charge in [0, 0.05) is 10.0 Å². The maximum atomic E-state index is 12.8. The molecule has 9 heteroatoms. The summed E-state index contributed by atoms with van der Waals surface area (Å²) in [6.07, 6.45) is 0. The van der Waals surface area contributed by atoms with E-state index in [1.54, 1.807) is 60.7 Å². The van der Waals surface area contributed by atoms with Crippen molar-refractivity contribution in [3.05, 3.63) is 117 Å². The Morgan fingerprint density at radius 1 is 0.459 bits per heavy atom. The predicted molar refractivity (Wildman–Crippen MR) is 138 cm³/mol. The number of halogens is 2. The van der Waals surface area contributed by atoms with E-state index in [0.717, 1.165) is 9.80 Å². The summed E-state index contributed by atoms with van der Waals surface area (Å²) in [6, 6.07) is 22.1. The predicted octanol–water partition coefficient (Wildman–Crippen LogP) is 6.39. The van der Waals surface area contributed by atoms with Gasteiger partial charge in [-0.25, -0.2) is 9.80 Å². The first kappa shape index (κ1) is 23.0. The molecular weight excluding hydrogens is 515 g/mol. The van der Waals surface area contributed by atoms with E-state index in [1.165, 1.54) is 24.3 Å². The summed E-state index contributed by atoms with van der Waals surface area (Å²) in [5.74, 6) is -0.796. The molecule has 0 aliphatic carbocycles. The van der Waals surface area contributed by atoms with Gasteiger partial charge >= 0.3 is 0 Å². The van der Waals surface area contributed by atoms with E-state index in [0.29, 0.717) is 44.0 Å². The second kappa shape index (κ2) is 8.58. The minimum atomic E-state index is -0.442. The molecule has 180 valence electrons. The molecular formula is C28H14Cl2N2O5. The van der Waals surface area contributed by atoms with Crippen molar-refractivity contribution in [1.29, 1.82) is 0 Å². The molecule has 6 rings (SSSR count). The second-order valence-corrected chi connectivity index (χ2v) is 9.23. The number of nitrogens with zero attached hydrogens (tertiary/aromatic N) is 2. The van der Waals surface area contributed by atoms with Gasteiger partial charge in [0.25, 0.3) is 23.6 Å². The van der Waals surface area contributed by atoms with Gasteiger partial charge in [-0.2, -0.15) is 0 Å². The molecule has 0 spiro atoms. The van der Waals surface area contributed by atoms with Crippen LogP contribution in [0.1, 0.15) is 41.4 Å². The molecule has 4 amide bonds. The molecule has 0 atom stereocenters. The fourth-order valence-electron chi connectivity index (χ4n) is 4.36. The molecule has 2 aliphatic rings. The van der Waals surface area contributed by atoms with Gasteiger partial charge in [0.2, 0.25) is 0 Å². The maximum Gasteiger partial charge on any atom is 0.266 e. The molecule has 7 nitrogen and oxygen atoms in total. The van der Waals surface area contributed by atoms with Gasteiger partial charge in [-0.3, -0.25) is 19.2 Å². The van der Waals surface area contributed by atoms with E-state index < -0.39 is 23.6 Å². The number of hydrogen-bond acceptors (Lipinski definition) is 5. The van der Waals surface area contributed by atoms with Crippen LogP contribution >= 0.6 is 23.2 Å². The summed E-state index contributed by atoms with van der Waals surface area (Å²) in [6.45, 7) is 0. The van der Waals surface area contributed by atoms with E-state index in [1.807, 2.05) is 0 Å². The second-order valence-electron chi connectivity index (χ2n) is 8.36. The summed E-state index contributed by atoms with van der Waals surface area (Å²) >= 11 is 12.0. The maximum absolute atomic E-state index is 12.8. The molecule has 2 heterocycles. The van der Waals surface area contributed by atoms with Crippen molar-refractivity contribution < 1.29 is 23.9 Å². The third kappa shape index (κ3) is 3.76. The van der Waals surface area contributed by atoms with Crippen LogP contribution < -0.4 is 14.5 Å². The standard InChI is InChI=1S/C28H14Cl2N2O5/c29-15-1-11-21-23(13-15)27(35)31(25(21)33)17-3-7-19(8-4-17)37-20-9-5-18(6-10-20)32-26(34)22-12-2-16(30)14-24(22)28(32)36/h1-14H. The number of amides is 4. The summed E-state index contributed by atoms with van der Waals surface area (Å²) in [5.41, 5.74) is 1.93. The summed E-state index contributed by atoms with van der Waals surface area (Å²) in [7, 11) is 0. The number of ether oxygens (including phenoxy) is 1. The van der Waals surface area contributed by atoms with Crippen molar-refractivity contribution in [1.82, 2.24) is 0 Å². The Labute approximate surface area is 220 Å². The van der Waals surface area contributed by atoms with Gasteiger partial charge < -0.3 is 4.74 Å². The lowest BCUT2D eigenvalue weighted by atomic mass is 10.1. The van der Waals surface area contributed by atoms with Gasteiger partial charge in [0.05, 0.1) is 33.6 Å². The minimum Gasteiger partial charge on any atom is -0.457 e. The number of fused-ring (bicyclic) bond motifs is 2. The van der Waals surface area contributed by atoms with Crippen LogP contribution in [0.5, 0.6) is 11.5 Å². The van der Waals surface area contributed by atoms with E-state index in [9.17, 15) is 19.2 Å². The van der Waals surface area contributed by atoms with Gasteiger partial charge in [0.1, 0.15) is 11.5 Å². The lowest BCUT2D eigenvalue weighted by molar-refractivity contribution is 0.0910. The largest absolute Gasteiger partial charge is 0.457 e. The van der Waals surface area contributed by atoms with Crippen molar-refractivity contribution in [2.45, 2.75) is 0 Å². The Balaban J connectivity index is 1.18. The molecule has 0 N–H and O–H groups in total. The van der Waals surface area contributed by atoms with Crippen LogP contribution in [0.3, 0.4) is 0 Å². The molecule has 4 aromatic rings. The monoisotopic (exact) mass is 528 g/mol. The molecule has 0 radical (unpaired) electrons. The number of imide groups is 2. The van der Waals surface area contributed by atoms with Crippen molar-refractivity contribution >= 4 is 58.2 Å². The Morgan fingerprint density at radius 3 is 1.19 bits per heavy atom. The number of carbonyl (C=O) groups excluding carboxylic acids is 4. The lowest BCUT2D eigenvalue weighted by Gasteiger charge is -2.16. The third-order valence-electron chi connectivity index (χ3n) is 6.12. The number of hydrogen-bond donors (Lipinski definition) is 0. The molecule has 0 saturated heterocycles. The van der Waals surface area contributed by atoms with Crippen LogP contribution in [0.25, 0.3) is 0 Å². The normalized spacial score (nSPS) is 14.3. The van der Waals surface area contributed by atoms with E-state index in [4.69, 9.17) is 27.9 Å². The smallest absolute Gasteiger partial charge is 0.266 e. The number of anilines is 2. The fourth-order valence-corrected chi connectivity index (χ4v) is 4.70. The van der Waals surface area contributed by atoms with Gasteiger partial charge in [-0.15, -0.1) is 0 Å². The van der Waals surface area contributed by atoms with Crippen LogP contribution in [0.2, 0.25) is 10.0 Å². The highest BCUT2D eigenvalue weighted by molar-refractivity contribution is 6.37. The average Bonchev–Trinajstić information content (AvgIpc) is 3.28. The van der Waals surface area contributed by atoms with Gasteiger partial charge in [-0.1, -0.05) is 23.2 Å². The molecule has 0 saturated carbocycles. The Morgan fingerprint density at radius 2 is 0.811 bits per heavy atom. The first-order valence-corrected chi connectivity index (χ1v) is 11.8. The highest BCUT2D eigenvalue weighted by atomic mass is 35.5. The lowest BCUT2D eigenvalue weighted by Crippen LogP contribution is -2.29. The third-order valence-corrected chi connectivity index (χ3v) is 6.59. The SMILES string of the molecule is O=C1c2ccc(Cl)cc2C(=O)N1c1ccc(Oc2ccc(N3C(=O)c4ccc(Cl)cc4C3=O)cc2)cc1. The van der Waals surface area contributed by atoms with Crippen LogP contribution in [0, 0.1) is 0 Å². The topological polar surface area (TPSA) is 84.0 Å². The summed E-state index contributed by atoms with van der Waals surface area (Å²) < 4.78 is 5.86. The zero-order chi connectivity index (χ0) is 25.8. The molecule has 0 fully saturated rings. The van der Waals surface area contributed by atoms with E-state index in [2.05, 4.69) is 0 Å². The summed E-state index contributed by atoms with van der Waals surface area (Å²) in [5, 5.41) is 0.757. The quantitative estimate of drug-likeness (QED) is 0.286. The van der Waals surface area contributed by atoms with Gasteiger partial charge in [0.15, 0.2) is 0 Å². The van der Waals surface area contributed by atoms with Crippen LogP contribution in [-0.4, -0.2) is 23.6 Å². The molecule has 4 aromatic carbocycles. The van der Waals surface area contributed by atoms with E-state index in [-0.39, 0.29) is 11.1 Å². The first-order chi connectivity index (χ1) is 17.8. The van der Waals surface area contributed by atoms with Crippen LogP contribution in [0.15, 0.2) is 84.9 Å². The van der Waals surface area contributed by atoms with Crippen LogP contribution in [-0.2, 0) is 0 Å². The Bertz CT molecular complexity index is 1530. The Hall–Kier alpha value is -4.46. The number of benzene rings is 4. The highest BCUT2D eigenvalue weighted by Crippen LogP contribution is 2.34. The van der Waals surface area contributed by atoms with Gasteiger partial charge in [-0.05, 0) is 84.9 Å². The molecule has 0 unspecified atom stereocenters. The first-order valence-electron chi connectivity index (χ1n) is 11.1. The van der Waals surface area contributed by atoms with Crippen molar-refractivity contribution in [2.24, 2.45) is 0 Å². The van der Waals surface area contributed by atoms with Crippen molar-refractivity contribution in [2.75, 3.05) is 9.80 Å². The number of carbonyl (C=O) groups is 4.